The average Bonchev–Trinajstić information content (AvgIpc) is 3.08. The van der Waals surface area contributed by atoms with Gasteiger partial charge in [0.1, 0.15) is 0 Å². The Balaban J connectivity index is 1.74. The number of hydrogen-bond acceptors (Lipinski definition) is 5. The molecule has 3 rings (SSSR count). The summed E-state index contributed by atoms with van der Waals surface area (Å²) in [7, 11) is 0. The Morgan fingerprint density at radius 1 is 1.24 bits per heavy atom. The zero-order valence-electron chi connectivity index (χ0n) is 17.0. The van der Waals surface area contributed by atoms with Gasteiger partial charge in [-0.25, -0.2) is 0 Å². The first-order chi connectivity index (χ1) is 13.7. The monoisotopic (exact) mass is 413 g/mol. The van der Waals surface area contributed by atoms with E-state index >= 15 is 0 Å². The van der Waals surface area contributed by atoms with Gasteiger partial charge in [-0.2, -0.15) is 13.2 Å². The lowest BCUT2D eigenvalue weighted by molar-refractivity contribution is -0.159. The van der Waals surface area contributed by atoms with E-state index in [-0.39, 0.29) is 24.6 Å². The van der Waals surface area contributed by atoms with Crippen molar-refractivity contribution in [2.45, 2.75) is 57.8 Å². The lowest BCUT2D eigenvalue weighted by Crippen LogP contribution is -2.49. The molecule has 29 heavy (non-hydrogen) atoms. The molecule has 0 bridgehead atoms. The molecule has 0 amide bonds. The number of hydrogen-bond donors (Lipinski definition) is 2. The summed E-state index contributed by atoms with van der Waals surface area (Å²) in [4.78, 5) is 15.1. The zero-order valence-corrected chi connectivity index (χ0v) is 17.0. The van der Waals surface area contributed by atoms with Crippen molar-refractivity contribution >= 4 is 5.97 Å². The molecule has 2 heterocycles. The molecule has 2 fully saturated rings. The summed E-state index contributed by atoms with van der Waals surface area (Å²) in [6.07, 6.45) is -2.37. The summed E-state index contributed by atoms with van der Waals surface area (Å²) in [6.45, 7) is 6.26. The maximum absolute atomic E-state index is 13.5. The number of nitrogens with zero attached hydrogens (tertiary/aromatic N) is 1. The van der Waals surface area contributed by atoms with Crippen LogP contribution < -0.4 is 10.9 Å². The minimum Gasteiger partial charge on any atom is -0.466 e. The molecule has 0 aliphatic carbocycles. The quantitative estimate of drug-likeness (QED) is 0.702. The van der Waals surface area contributed by atoms with Crippen molar-refractivity contribution in [2.24, 2.45) is 5.41 Å². The molecular weight excluding hydrogens is 383 g/mol. The number of carbonyl (C=O) groups is 1. The number of benzene rings is 1. The normalized spacial score (nSPS) is 25.1. The molecule has 5 nitrogen and oxygen atoms in total. The van der Waals surface area contributed by atoms with Crippen molar-refractivity contribution < 1.29 is 22.7 Å². The number of nitrogens with one attached hydrogen (secondary N) is 2. The van der Waals surface area contributed by atoms with E-state index in [2.05, 4.69) is 22.7 Å². The van der Waals surface area contributed by atoms with E-state index in [4.69, 9.17) is 4.74 Å². The highest BCUT2D eigenvalue weighted by molar-refractivity contribution is 5.77. The van der Waals surface area contributed by atoms with Crippen LogP contribution in [0.25, 0.3) is 0 Å². The van der Waals surface area contributed by atoms with Crippen LogP contribution >= 0.6 is 0 Å². The summed E-state index contributed by atoms with van der Waals surface area (Å²) < 4.78 is 45.7. The fourth-order valence-electron chi connectivity index (χ4n) is 4.45. The molecule has 0 saturated carbocycles. The van der Waals surface area contributed by atoms with Crippen molar-refractivity contribution in [1.82, 2.24) is 15.8 Å². The van der Waals surface area contributed by atoms with E-state index in [0.29, 0.717) is 38.0 Å². The molecular formula is C21H30F3N3O2. The molecule has 2 atom stereocenters. The fraction of sp³-hybridized carbons (Fsp3) is 0.667. The number of likely N-dealkylation sites (tertiary alicyclic amines) is 1. The molecule has 2 aliphatic rings. The van der Waals surface area contributed by atoms with Crippen LogP contribution in [0.15, 0.2) is 24.3 Å². The van der Waals surface area contributed by atoms with Crippen LogP contribution in [-0.4, -0.2) is 49.2 Å². The molecule has 2 N–H and O–H groups in total. The summed E-state index contributed by atoms with van der Waals surface area (Å²) in [5.74, 6) is -0.383. The van der Waals surface area contributed by atoms with Crippen LogP contribution in [0.5, 0.6) is 0 Å². The van der Waals surface area contributed by atoms with Gasteiger partial charge in [0.05, 0.1) is 17.6 Å². The van der Waals surface area contributed by atoms with Gasteiger partial charge < -0.3 is 9.64 Å². The predicted molar refractivity (Wildman–Crippen MR) is 104 cm³/mol. The summed E-state index contributed by atoms with van der Waals surface area (Å²) in [5, 5.41) is 0. The van der Waals surface area contributed by atoms with Gasteiger partial charge in [0.2, 0.25) is 0 Å². The van der Waals surface area contributed by atoms with E-state index in [1.165, 1.54) is 12.1 Å². The van der Waals surface area contributed by atoms with E-state index in [1.807, 2.05) is 0 Å². The standard InChI is InChI=1S/C21H30F3N3O2/c1-3-29-19(28)20(13-16-6-4-5-7-18(16)21(22,23)24)8-10-27(11-9-20)14-17-12-15(2)25-26-17/h4-7,15,17,25-26H,3,8-14H2,1-2H3. The van der Waals surface area contributed by atoms with Gasteiger partial charge in [-0.05, 0) is 64.3 Å². The number of carbonyl (C=O) groups excluding carboxylic acids is 1. The minimum atomic E-state index is -4.44. The molecule has 0 aromatic heterocycles. The zero-order chi connectivity index (χ0) is 21.1. The molecule has 1 aromatic rings. The topological polar surface area (TPSA) is 53.6 Å². The third kappa shape index (κ3) is 5.29. The number of halogens is 3. The number of hydrazine groups is 1. The van der Waals surface area contributed by atoms with Crippen molar-refractivity contribution in [3.63, 3.8) is 0 Å². The summed E-state index contributed by atoms with van der Waals surface area (Å²) in [5.41, 5.74) is 5.06. The molecule has 2 unspecified atom stereocenters. The Morgan fingerprint density at radius 2 is 1.93 bits per heavy atom. The first-order valence-electron chi connectivity index (χ1n) is 10.3. The average molecular weight is 413 g/mol. The number of ether oxygens (including phenoxy) is 1. The van der Waals surface area contributed by atoms with Crippen LogP contribution in [0.4, 0.5) is 13.2 Å². The van der Waals surface area contributed by atoms with Crippen molar-refractivity contribution in [3.8, 4) is 0 Å². The van der Waals surface area contributed by atoms with Crippen molar-refractivity contribution in [1.29, 1.82) is 0 Å². The predicted octanol–water partition coefficient (Wildman–Crippen LogP) is 3.15. The Kier molecular flexibility index (Phi) is 6.86. The highest BCUT2D eigenvalue weighted by Gasteiger charge is 2.45. The van der Waals surface area contributed by atoms with Crippen LogP contribution in [0.3, 0.4) is 0 Å². The first kappa shape index (κ1) is 22.1. The molecule has 2 aliphatic heterocycles. The van der Waals surface area contributed by atoms with Crippen LogP contribution in [-0.2, 0) is 22.1 Å². The second kappa shape index (κ2) is 9.02. The van der Waals surface area contributed by atoms with Gasteiger partial charge in [0.25, 0.3) is 0 Å². The second-order valence-electron chi connectivity index (χ2n) is 8.26. The molecule has 0 spiro atoms. The van der Waals surface area contributed by atoms with Crippen LogP contribution in [0.1, 0.15) is 44.2 Å². The van der Waals surface area contributed by atoms with E-state index < -0.39 is 17.2 Å². The number of esters is 1. The maximum atomic E-state index is 13.5. The Labute approximate surface area is 169 Å². The largest absolute Gasteiger partial charge is 0.466 e. The second-order valence-corrected chi connectivity index (χ2v) is 8.26. The molecule has 162 valence electrons. The van der Waals surface area contributed by atoms with Crippen molar-refractivity contribution in [3.05, 3.63) is 35.4 Å². The molecule has 0 radical (unpaired) electrons. The fourth-order valence-corrected chi connectivity index (χ4v) is 4.45. The van der Waals surface area contributed by atoms with Crippen LogP contribution in [0.2, 0.25) is 0 Å². The van der Waals surface area contributed by atoms with E-state index in [1.54, 1.807) is 13.0 Å². The smallest absolute Gasteiger partial charge is 0.416 e. The van der Waals surface area contributed by atoms with Crippen molar-refractivity contribution in [2.75, 3.05) is 26.2 Å². The minimum absolute atomic E-state index is 0.0512. The Hall–Kier alpha value is -1.64. The summed E-state index contributed by atoms with van der Waals surface area (Å²) >= 11 is 0. The van der Waals surface area contributed by atoms with Gasteiger partial charge in [0.15, 0.2) is 0 Å². The lowest BCUT2D eigenvalue weighted by atomic mass is 9.73. The van der Waals surface area contributed by atoms with Gasteiger partial charge in [0, 0.05) is 18.6 Å². The Morgan fingerprint density at radius 3 is 2.52 bits per heavy atom. The van der Waals surface area contributed by atoms with Crippen LogP contribution in [0, 0.1) is 5.41 Å². The van der Waals surface area contributed by atoms with E-state index in [9.17, 15) is 18.0 Å². The number of piperidine rings is 1. The number of rotatable bonds is 6. The molecule has 2 saturated heterocycles. The maximum Gasteiger partial charge on any atom is 0.416 e. The van der Waals surface area contributed by atoms with Gasteiger partial charge in [-0.15, -0.1) is 0 Å². The van der Waals surface area contributed by atoms with Gasteiger partial charge in [-0.1, -0.05) is 18.2 Å². The lowest BCUT2D eigenvalue weighted by Gasteiger charge is -2.41. The van der Waals surface area contributed by atoms with Gasteiger partial charge in [-0.3, -0.25) is 15.6 Å². The molecule has 1 aromatic carbocycles. The first-order valence-corrected chi connectivity index (χ1v) is 10.3. The Bertz CT molecular complexity index is 703. The van der Waals surface area contributed by atoms with E-state index in [0.717, 1.165) is 19.0 Å². The highest BCUT2D eigenvalue weighted by Crippen LogP contribution is 2.40. The summed E-state index contributed by atoms with van der Waals surface area (Å²) in [6, 6.07) is 6.30. The third-order valence-electron chi connectivity index (χ3n) is 6.02. The SMILES string of the molecule is CCOC(=O)C1(Cc2ccccc2C(F)(F)F)CCN(CC2CC(C)NN2)CC1. The third-order valence-corrected chi connectivity index (χ3v) is 6.02. The highest BCUT2D eigenvalue weighted by atomic mass is 19.4. The number of alkyl halides is 3. The van der Waals surface area contributed by atoms with Gasteiger partial charge >= 0.3 is 12.1 Å². The molecule has 8 heteroatoms.